The number of nitrogens with zero attached hydrogens (tertiary/aromatic N) is 1. The fourth-order valence-electron chi connectivity index (χ4n) is 0.313. The number of pyridine rings is 1. The molecule has 0 unspecified atom stereocenters. The third-order valence-corrected chi connectivity index (χ3v) is 0.566. The molecule has 0 bridgehead atoms. The van der Waals surface area contributed by atoms with E-state index < -0.39 is 10.6 Å². The van der Waals surface area contributed by atoms with Crippen molar-refractivity contribution in [1.82, 2.24) is 4.98 Å². The van der Waals surface area contributed by atoms with E-state index in [1.807, 2.05) is 18.2 Å². The molecule has 6 heteroatoms. The Bertz CT molecular complexity index is 223. The molecule has 0 saturated carbocycles. The van der Waals surface area contributed by atoms with Gasteiger partial charge in [-0.2, -0.15) is 13.5 Å². The fraction of sp³-hybridized carbons (Fsp3) is 0. The van der Waals surface area contributed by atoms with Crippen molar-refractivity contribution in [2.45, 2.75) is 0 Å². The van der Waals surface area contributed by atoms with Crippen molar-refractivity contribution in [3.8, 4) is 0 Å². The molecule has 62 valence electrons. The van der Waals surface area contributed by atoms with Crippen molar-refractivity contribution in [2.75, 3.05) is 0 Å². The van der Waals surface area contributed by atoms with Gasteiger partial charge in [-0.1, -0.05) is 6.07 Å². The predicted molar refractivity (Wildman–Crippen MR) is 44.3 cm³/mol. The average molecular weight is 193 g/mol. The zero-order chi connectivity index (χ0) is 7.82. The molecule has 1 heterocycles. The SMILES string of the molecule is O=S(=O)=O.S.c1ccncc1. The summed E-state index contributed by atoms with van der Waals surface area (Å²) in [7, 11) is -3.11. The van der Waals surface area contributed by atoms with E-state index >= 15 is 0 Å². The first-order valence-corrected chi connectivity index (χ1v) is 3.35. The summed E-state index contributed by atoms with van der Waals surface area (Å²) in [6, 6.07) is 5.72. The molecule has 0 aromatic carbocycles. The zero-order valence-corrected chi connectivity index (χ0v) is 7.28. The molecule has 0 radical (unpaired) electrons. The third-order valence-electron chi connectivity index (χ3n) is 0.566. The van der Waals surface area contributed by atoms with Gasteiger partial charge in [0.05, 0.1) is 0 Å². The Morgan fingerprint density at radius 1 is 0.909 bits per heavy atom. The summed E-state index contributed by atoms with van der Waals surface area (Å²) in [5, 5.41) is 0. The molecular weight excluding hydrogens is 186 g/mol. The Morgan fingerprint density at radius 2 is 1.27 bits per heavy atom. The lowest BCUT2D eigenvalue weighted by molar-refractivity contribution is 0.559. The van der Waals surface area contributed by atoms with Crippen LogP contribution in [0.4, 0.5) is 0 Å². The van der Waals surface area contributed by atoms with Gasteiger partial charge in [0.2, 0.25) is 0 Å². The van der Waals surface area contributed by atoms with Gasteiger partial charge >= 0.3 is 10.6 Å². The maximum absolute atomic E-state index is 8.44. The molecule has 0 N–H and O–H groups in total. The van der Waals surface area contributed by atoms with E-state index in [1.54, 1.807) is 12.4 Å². The van der Waals surface area contributed by atoms with E-state index in [0.29, 0.717) is 0 Å². The lowest BCUT2D eigenvalue weighted by Gasteiger charge is -1.70. The van der Waals surface area contributed by atoms with Crippen LogP contribution in [0.25, 0.3) is 0 Å². The molecule has 11 heavy (non-hydrogen) atoms. The number of hydrogen-bond donors (Lipinski definition) is 0. The van der Waals surface area contributed by atoms with E-state index in [-0.39, 0.29) is 13.5 Å². The highest BCUT2D eigenvalue weighted by Gasteiger charge is 1.58. The summed E-state index contributed by atoms with van der Waals surface area (Å²) in [5.41, 5.74) is 0. The van der Waals surface area contributed by atoms with Crippen LogP contribution in [0.1, 0.15) is 0 Å². The van der Waals surface area contributed by atoms with E-state index in [2.05, 4.69) is 4.98 Å². The Labute approximate surface area is 72.8 Å². The van der Waals surface area contributed by atoms with Crippen LogP contribution in [-0.2, 0) is 10.6 Å². The van der Waals surface area contributed by atoms with Gasteiger partial charge in [0, 0.05) is 12.4 Å². The molecule has 0 spiro atoms. The summed E-state index contributed by atoms with van der Waals surface area (Å²) in [6.45, 7) is 0. The Hall–Kier alpha value is -0.880. The Kier molecular flexibility index (Phi) is 10.6. The molecule has 1 aromatic heterocycles. The standard InChI is InChI=1S/C5H5N.O3S.H2S/c1-2-4-6-5-3-1;1-4(2)3;/h1-5H;;1H2. The minimum absolute atomic E-state index is 0. The zero-order valence-electron chi connectivity index (χ0n) is 5.47. The first-order chi connectivity index (χ1) is 4.73. The molecule has 0 saturated heterocycles. The highest BCUT2D eigenvalue weighted by atomic mass is 32.2. The highest BCUT2D eigenvalue weighted by molar-refractivity contribution is 7.59. The number of rotatable bonds is 0. The van der Waals surface area contributed by atoms with Crippen LogP contribution in [-0.4, -0.2) is 17.6 Å². The monoisotopic (exact) mass is 193 g/mol. The molecule has 4 nitrogen and oxygen atoms in total. The van der Waals surface area contributed by atoms with Gasteiger partial charge in [-0.3, -0.25) is 4.98 Å². The van der Waals surface area contributed by atoms with E-state index in [4.69, 9.17) is 12.6 Å². The van der Waals surface area contributed by atoms with Crippen molar-refractivity contribution >= 4 is 24.1 Å². The normalized spacial score (nSPS) is 6.55. The van der Waals surface area contributed by atoms with E-state index in [0.717, 1.165) is 0 Å². The summed E-state index contributed by atoms with van der Waals surface area (Å²) in [4.78, 5) is 3.78. The predicted octanol–water partition coefficient (Wildman–Crippen LogP) is 0.190. The number of hydrogen-bond acceptors (Lipinski definition) is 4. The average Bonchev–Trinajstić information content (AvgIpc) is 1.90. The minimum Gasteiger partial charge on any atom is -0.265 e. The quantitative estimate of drug-likeness (QED) is 0.590. The van der Waals surface area contributed by atoms with Crippen LogP contribution in [0.3, 0.4) is 0 Å². The second kappa shape index (κ2) is 9.12. The van der Waals surface area contributed by atoms with Gasteiger partial charge in [0.15, 0.2) is 0 Å². The molecule has 0 amide bonds. The van der Waals surface area contributed by atoms with Crippen LogP contribution >= 0.6 is 13.5 Å². The van der Waals surface area contributed by atoms with Gasteiger partial charge in [-0.15, -0.1) is 12.6 Å². The van der Waals surface area contributed by atoms with Crippen LogP contribution < -0.4 is 0 Å². The first kappa shape index (κ1) is 12.8. The molecular formula is C5H7NO3S2. The van der Waals surface area contributed by atoms with Gasteiger partial charge in [-0.25, -0.2) is 0 Å². The summed E-state index contributed by atoms with van der Waals surface area (Å²) in [6.07, 6.45) is 3.50. The second-order valence-electron chi connectivity index (χ2n) is 1.23. The van der Waals surface area contributed by atoms with E-state index in [9.17, 15) is 0 Å². The summed E-state index contributed by atoms with van der Waals surface area (Å²) in [5.74, 6) is 0. The molecule has 1 aromatic rings. The fourth-order valence-corrected chi connectivity index (χ4v) is 0.313. The lowest BCUT2D eigenvalue weighted by atomic mass is 10.5. The van der Waals surface area contributed by atoms with Crippen molar-refractivity contribution in [1.29, 1.82) is 0 Å². The van der Waals surface area contributed by atoms with Crippen molar-refractivity contribution in [2.24, 2.45) is 0 Å². The Morgan fingerprint density at radius 3 is 1.36 bits per heavy atom. The molecule has 0 aliphatic heterocycles. The number of aromatic nitrogens is 1. The Balaban J connectivity index is 0. The van der Waals surface area contributed by atoms with Crippen LogP contribution in [0, 0.1) is 0 Å². The minimum atomic E-state index is -3.11. The van der Waals surface area contributed by atoms with Gasteiger partial charge in [0.1, 0.15) is 0 Å². The van der Waals surface area contributed by atoms with Crippen LogP contribution in [0.2, 0.25) is 0 Å². The molecule has 0 aliphatic rings. The first-order valence-electron chi connectivity index (χ1n) is 2.35. The van der Waals surface area contributed by atoms with Crippen molar-refractivity contribution in [3.05, 3.63) is 30.6 Å². The lowest BCUT2D eigenvalue weighted by Crippen LogP contribution is -1.58. The topological polar surface area (TPSA) is 64.1 Å². The summed E-state index contributed by atoms with van der Waals surface area (Å²) >= 11 is 0. The molecule has 1 rings (SSSR count). The smallest absolute Gasteiger partial charge is 0.265 e. The second-order valence-corrected chi connectivity index (χ2v) is 1.64. The van der Waals surface area contributed by atoms with Crippen LogP contribution in [0.5, 0.6) is 0 Å². The largest absolute Gasteiger partial charge is 0.425 e. The van der Waals surface area contributed by atoms with Gasteiger partial charge in [0.25, 0.3) is 0 Å². The van der Waals surface area contributed by atoms with Gasteiger partial charge < -0.3 is 0 Å². The maximum Gasteiger partial charge on any atom is 0.425 e. The third kappa shape index (κ3) is 17.6. The molecule has 0 aliphatic carbocycles. The molecule has 0 atom stereocenters. The summed E-state index contributed by atoms with van der Waals surface area (Å²) < 4.78 is 25.3. The van der Waals surface area contributed by atoms with E-state index in [1.165, 1.54) is 0 Å². The van der Waals surface area contributed by atoms with Gasteiger partial charge in [-0.05, 0) is 12.1 Å². The maximum atomic E-state index is 8.44. The van der Waals surface area contributed by atoms with Crippen molar-refractivity contribution in [3.63, 3.8) is 0 Å². The van der Waals surface area contributed by atoms with Crippen LogP contribution in [0.15, 0.2) is 30.6 Å². The highest BCUT2D eigenvalue weighted by Crippen LogP contribution is 1.73. The van der Waals surface area contributed by atoms with Crippen molar-refractivity contribution < 1.29 is 12.6 Å². The molecule has 0 fully saturated rings.